The van der Waals surface area contributed by atoms with Crippen LogP contribution in [-0.4, -0.2) is 20.4 Å². The highest BCUT2D eigenvalue weighted by Crippen LogP contribution is 2.31. The van der Waals surface area contributed by atoms with Crippen LogP contribution in [-0.2, 0) is 14.8 Å². The van der Waals surface area contributed by atoms with Gasteiger partial charge in [-0.2, -0.15) is 0 Å². The van der Waals surface area contributed by atoms with Gasteiger partial charge in [-0.1, -0.05) is 59.9 Å². The number of benzene rings is 3. The first-order valence-electron chi connectivity index (χ1n) is 9.50. The van der Waals surface area contributed by atoms with Gasteiger partial charge in [0.1, 0.15) is 5.75 Å². The number of carbonyl (C=O) groups excluding carboxylic acids is 1. The Labute approximate surface area is 201 Å². The van der Waals surface area contributed by atoms with Crippen LogP contribution in [0.5, 0.6) is 5.75 Å². The highest BCUT2D eigenvalue weighted by Gasteiger charge is 2.21. The number of hydrogen-bond acceptors (Lipinski definition) is 4. The zero-order chi connectivity index (χ0) is 23.3. The third-order valence-electron chi connectivity index (χ3n) is 4.40. The molecule has 0 spiro atoms. The fourth-order valence-corrected chi connectivity index (χ4v) is 4.40. The number of hydrogen-bond donors (Lipinski definition) is 2. The fraction of sp³-hybridized carbons (Fsp3) is 0.136. The van der Waals surface area contributed by atoms with E-state index in [-0.39, 0.29) is 26.5 Å². The smallest absolute Gasteiger partial charge is 0.265 e. The van der Waals surface area contributed by atoms with E-state index in [4.69, 9.17) is 39.5 Å². The Kier molecular flexibility index (Phi) is 7.90. The summed E-state index contributed by atoms with van der Waals surface area (Å²) in [6, 6.07) is 17.2. The minimum absolute atomic E-state index is 0.00843. The molecule has 6 nitrogen and oxygen atoms in total. The minimum Gasteiger partial charge on any atom is -0.479 e. The van der Waals surface area contributed by atoms with Gasteiger partial charge in [0.2, 0.25) is 0 Å². The molecule has 1 atom stereocenters. The predicted octanol–water partition coefficient (Wildman–Crippen LogP) is 6.24. The molecule has 0 aromatic heterocycles. The second-order valence-corrected chi connectivity index (χ2v) is 9.54. The number of nitrogens with one attached hydrogen (secondary N) is 2. The Morgan fingerprint density at radius 2 is 1.59 bits per heavy atom. The molecular weight excluding hydrogens is 495 g/mol. The van der Waals surface area contributed by atoms with Gasteiger partial charge in [0, 0.05) is 5.69 Å². The van der Waals surface area contributed by atoms with Crippen LogP contribution in [0.2, 0.25) is 15.1 Å². The standard InChI is InChI=1S/C22H19Cl3N2O4S/c1-2-19(31-20-9-4-3-6-16(20)23)22(28)26-14-10-12-15(13-11-14)32(29,30)27-18-8-5-7-17(24)21(18)25/h3-13,19,27H,2H2,1H3,(H,26,28). The number of amides is 1. The first-order valence-corrected chi connectivity index (χ1v) is 12.1. The second-order valence-electron chi connectivity index (χ2n) is 6.67. The van der Waals surface area contributed by atoms with Gasteiger partial charge < -0.3 is 10.1 Å². The van der Waals surface area contributed by atoms with Gasteiger partial charge in [0.05, 0.1) is 25.7 Å². The molecular formula is C22H19Cl3N2O4S. The number of carbonyl (C=O) groups is 1. The van der Waals surface area contributed by atoms with Crippen LogP contribution >= 0.6 is 34.8 Å². The topological polar surface area (TPSA) is 84.5 Å². The van der Waals surface area contributed by atoms with E-state index < -0.39 is 16.1 Å². The lowest BCUT2D eigenvalue weighted by Gasteiger charge is -2.18. The van der Waals surface area contributed by atoms with E-state index in [2.05, 4.69) is 10.0 Å². The monoisotopic (exact) mass is 512 g/mol. The molecule has 32 heavy (non-hydrogen) atoms. The third kappa shape index (κ3) is 5.86. The summed E-state index contributed by atoms with van der Waals surface area (Å²) in [6.07, 6.45) is -0.363. The molecule has 0 heterocycles. The van der Waals surface area contributed by atoms with Gasteiger partial charge in [-0.25, -0.2) is 8.42 Å². The summed E-state index contributed by atoms with van der Waals surface area (Å²) in [7, 11) is -3.91. The van der Waals surface area contributed by atoms with E-state index in [1.54, 1.807) is 36.4 Å². The van der Waals surface area contributed by atoms with Crippen molar-refractivity contribution >= 4 is 62.1 Å². The molecule has 0 saturated heterocycles. The van der Waals surface area contributed by atoms with Gasteiger partial charge in [0.15, 0.2) is 6.10 Å². The van der Waals surface area contributed by atoms with Gasteiger partial charge in [-0.15, -0.1) is 0 Å². The second kappa shape index (κ2) is 10.4. The van der Waals surface area contributed by atoms with Crippen LogP contribution < -0.4 is 14.8 Å². The average molecular weight is 514 g/mol. The summed E-state index contributed by atoms with van der Waals surface area (Å²) < 4.78 is 33.4. The number of halogens is 3. The fourth-order valence-electron chi connectivity index (χ4n) is 2.74. The maximum atomic E-state index is 12.7. The van der Waals surface area contributed by atoms with Crippen molar-refractivity contribution in [2.24, 2.45) is 0 Å². The van der Waals surface area contributed by atoms with E-state index in [1.165, 1.54) is 30.3 Å². The van der Waals surface area contributed by atoms with Crippen molar-refractivity contribution in [3.8, 4) is 5.75 Å². The Hall–Kier alpha value is -2.45. The van der Waals surface area contributed by atoms with Crippen LogP contribution in [0.15, 0.2) is 71.6 Å². The van der Waals surface area contributed by atoms with Crippen molar-refractivity contribution in [1.29, 1.82) is 0 Å². The average Bonchev–Trinajstić information content (AvgIpc) is 2.76. The summed E-state index contributed by atoms with van der Waals surface area (Å²) in [4.78, 5) is 12.6. The molecule has 10 heteroatoms. The van der Waals surface area contributed by atoms with Crippen molar-refractivity contribution in [1.82, 2.24) is 0 Å². The molecule has 0 fully saturated rings. The van der Waals surface area contributed by atoms with Gasteiger partial charge in [-0.3, -0.25) is 9.52 Å². The third-order valence-corrected chi connectivity index (χ3v) is 6.91. The molecule has 1 unspecified atom stereocenters. The lowest BCUT2D eigenvalue weighted by atomic mass is 10.2. The van der Waals surface area contributed by atoms with Crippen LogP contribution in [0.4, 0.5) is 11.4 Å². The molecule has 0 aliphatic heterocycles. The molecule has 2 N–H and O–H groups in total. The lowest BCUT2D eigenvalue weighted by Crippen LogP contribution is -2.32. The van der Waals surface area contributed by atoms with E-state index in [1.807, 2.05) is 6.92 Å². The first kappa shape index (κ1) is 24.2. The van der Waals surface area contributed by atoms with Gasteiger partial charge >= 0.3 is 0 Å². The Bertz CT molecular complexity index is 1220. The Morgan fingerprint density at radius 3 is 2.25 bits per heavy atom. The SMILES string of the molecule is CCC(Oc1ccccc1Cl)C(=O)Nc1ccc(S(=O)(=O)Nc2cccc(Cl)c2Cl)cc1. The van der Waals surface area contributed by atoms with Crippen molar-refractivity contribution in [2.45, 2.75) is 24.3 Å². The predicted molar refractivity (Wildman–Crippen MR) is 129 cm³/mol. The maximum Gasteiger partial charge on any atom is 0.265 e. The van der Waals surface area contributed by atoms with Crippen molar-refractivity contribution in [3.63, 3.8) is 0 Å². The number of ether oxygens (including phenoxy) is 1. The molecule has 3 aromatic carbocycles. The van der Waals surface area contributed by atoms with Gasteiger partial charge in [-0.05, 0) is 55.0 Å². The number of anilines is 2. The van der Waals surface area contributed by atoms with Crippen molar-refractivity contribution in [3.05, 3.63) is 81.8 Å². The maximum absolute atomic E-state index is 12.7. The van der Waals surface area contributed by atoms with Gasteiger partial charge in [0.25, 0.3) is 15.9 Å². The molecule has 3 aromatic rings. The minimum atomic E-state index is -3.91. The van der Waals surface area contributed by atoms with Crippen LogP contribution in [0.1, 0.15) is 13.3 Å². The Balaban J connectivity index is 1.70. The number of sulfonamides is 1. The summed E-state index contributed by atoms with van der Waals surface area (Å²) in [5.41, 5.74) is 0.579. The summed E-state index contributed by atoms with van der Waals surface area (Å²) in [5, 5.41) is 3.45. The molecule has 0 aliphatic rings. The molecule has 3 rings (SSSR count). The molecule has 1 amide bonds. The molecule has 0 saturated carbocycles. The Morgan fingerprint density at radius 1 is 0.938 bits per heavy atom. The van der Waals surface area contributed by atoms with E-state index in [0.717, 1.165) is 0 Å². The van der Waals surface area contributed by atoms with Crippen LogP contribution in [0.25, 0.3) is 0 Å². The zero-order valence-electron chi connectivity index (χ0n) is 16.8. The summed E-state index contributed by atoms with van der Waals surface area (Å²) >= 11 is 18.1. The number of rotatable bonds is 8. The van der Waals surface area contributed by atoms with E-state index in [0.29, 0.717) is 22.9 Å². The first-order chi connectivity index (χ1) is 15.2. The van der Waals surface area contributed by atoms with Crippen molar-refractivity contribution in [2.75, 3.05) is 10.0 Å². The molecule has 0 bridgehead atoms. The largest absolute Gasteiger partial charge is 0.479 e. The van der Waals surface area contributed by atoms with Crippen LogP contribution in [0.3, 0.4) is 0 Å². The number of para-hydroxylation sites is 1. The molecule has 168 valence electrons. The quantitative estimate of drug-likeness (QED) is 0.373. The summed E-state index contributed by atoms with van der Waals surface area (Å²) in [6.45, 7) is 1.81. The highest BCUT2D eigenvalue weighted by atomic mass is 35.5. The van der Waals surface area contributed by atoms with E-state index in [9.17, 15) is 13.2 Å². The molecule has 0 radical (unpaired) electrons. The highest BCUT2D eigenvalue weighted by molar-refractivity contribution is 7.92. The lowest BCUT2D eigenvalue weighted by molar-refractivity contribution is -0.122. The summed E-state index contributed by atoms with van der Waals surface area (Å²) in [5.74, 6) is 0.0234. The van der Waals surface area contributed by atoms with E-state index >= 15 is 0 Å². The molecule has 0 aliphatic carbocycles. The van der Waals surface area contributed by atoms with Crippen molar-refractivity contribution < 1.29 is 17.9 Å². The van der Waals surface area contributed by atoms with Crippen LogP contribution in [0, 0.1) is 0 Å². The zero-order valence-corrected chi connectivity index (χ0v) is 19.9. The normalized spacial score (nSPS) is 12.1.